The molecule has 9 heteroatoms. The average molecular weight is 281 g/mol. The summed E-state index contributed by atoms with van der Waals surface area (Å²) in [7, 11) is -3.68. The summed E-state index contributed by atoms with van der Waals surface area (Å²) >= 11 is 5.59. The van der Waals surface area contributed by atoms with Gasteiger partial charge in [0.15, 0.2) is 16.5 Å². The summed E-state index contributed by atoms with van der Waals surface area (Å²) < 4.78 is 12.8. The molecule has 2 aromatic rings. The zero-order valence-electron chi connectivity index (χ0n) is 9.24. The monoisotopic (exact) mass is 280 g/mol. The Morgan fingerprint density at radius 3 is 2.65 bits per heavy atom. The molecule has 1 atom stereocenters. The van der Waals surface area contributed by atoms with Gasteiger partial charge in [0.25, 0.3) is 0 Å². The van der Waals surface area contributed by atoms with E-state index in [9.17, 15) is 9.46 Å². The van der Waals surface area contributed by atoms with Crippen LogP contribution >= 0.6 is 19.0 Å². The molecule has 0 aliphatic heterocycles. The normalized spacial score (nSPS) is 13.8. The smallest absolute Gasteiger partial charge is 0.161 e. The number of imidazole rings is 1. The summed E-state index contributed by atoms with van der Waals surface area (Å²) in [6.45, 7) is 1.11. The van der Waals surface area contributed by atoms with E-state index < -0.39 is 7.37 Å². The second kappa shape index (κ2) is 5.61. The van der Waals surface area contributed by atoms with Crippen LogP contribution in [-0.2, 0) is 4.57 Å². The molecular weight excluding hydrogens is 274 g/mol. The third-order valence-corrected chi connectivity index (χ3v) is 3.11. The fraction of sp³-hybridized carbons (Fsp3) is 0.125. The van der Waals surface area contributed by atoms with E-state index in [2.05, 4.69) is 15.2 Å². The average Bonchev–Trinajstić information content (AvgIpc) is 2.66. The van der Waals surface area contributed by atoms with Gasteiger partial charge in [-0.1, -0.05) is 11.6 Å². The third kappa shape index (κ3) is 3.37. The van der Waals surface area contributed by atoms with Crippen LogP contribution in [0.5, 0.6) is 0 Å². The van der Waals surface area contributed by atoms with Crippen molar-refractivity contribution in [3.63, 3.8) is 0 Å². The van der Waals surface area contributed by atoms with E-state index in [0.717, 1.165) is 6.66 Å². The minimum atomic E-state index is -3.68. The predicted octanol–water partition coefficient (Wildman–Crippen LogP) is -0.172. The van der Waals surface area contributed by atoms with Crippen molar-refractivity contribution in [2.45, 2.75) is 0 Å². The summed E-state index contributed by atoms with van der Waals surface area (Å²) in [6, 6.07) is 3.09. The van der Waals surface area contributed by atoms with E-state index in [1.807, 2.05) is 0 Å². The molecule has 1 radical (unpaired) electrons. The van der Waals surface area contributed by atoms with Crippen molar-refractivity contribution in [1.82, 2.24) is 19.7 Å². The Hall–Kier alpha value is -0.230. The van der Waals surface area contributed by atoms with Gasteiger partial charge in [0.2, 0.25) is 0 Å². The molecule has 0 spiro atoms. The molecule has 1 unspecified atom stereocenters. The standard InChI is InChI=1S/C8H8ClN4O2P.Na/c1-16(14,15)8-10-4-5-13(8)7-3-2-6(9)11-12-7;/h2-5H,1H3,(H,14,15);/p-1. The number of hydrogen-bond acceptors (Lipinski definition) is 5. The van der Waals surface area contributed by atoms with Gasteiger partial charge in [-0.15, -0.1) is 10.2 Å². The van der Waals surface area contributed by atoms with Crippen LogP contribution in [0.4, 0.5) is 0 Å². The van der Waals surface area contributed by atoms with Crippen molar-refractivity contribution in [3.05, 3.63) is 29.7 Å². The molecule has 6 nitrogen and oxygen atoms in total. The molecule has 0 saturated heterocycles. The van der Waals surface area contributed by atoms with Crippen LogP contribution in [0.3, 0.4) is 0 Å². The van der Waals surface area contributed by atoms with E-state index in [4.69, 9.17) is 11.6 Å². The maximum atomic E-state index is 11.4. The summed E-state index contributed by atoms with van der Waals surface area (Å²) in [5, 5.41) is 7.65. The maximum absolute atomic E-state index is 11.4. The second-order valence-electron chi connectivity index (χ2n) is 3.16. The Morgan fingerprint density at radius 2 is 2.12 bits per heavy atom. The fourth-order valence-electron chi connectivity index (χ4n) is 1.21. The van der Waals surface area contributed by atoms with Gasteiger partial charge >= 0.3 is 0 Å². The Kier molecular flexibility index (Phi) is 4.89. The van der Waals surface area contributed by atoms with Crippen molar-refractivity contribution in [2.24, 2.45) is 0 Å². The molecule has 2 rings (SSSR count). The van der Waals surface area contributed by atoms with Crippen LogP contribution in [0, 0.1) is 0 Å². The third-order valence-electron chi connectivity index (χ3n) is 1.85. The molecule has 2 heterocycles. The van der Waals surface area contributed by atoms with Crippen LogP contribution in [0.2, 0.25) is 5.15 Å². The van der Waals surface area contributed by atoms with Crippen molar-refractivity contribution in [2.75, 3.05) is 6.66 Å². The Labute approximate surface area is 125 Å². The zero-order valence-corrected chi connectivity index (χ0v) is 12.9. The van der Waals surface area contributed by atoms with Crippen molar-refractivity contribution in [1.29, 1.82) is 0 Å². The molecule has 2 aromatic heterocycles. The number of hydrogen-bond donors (Lipinski definition) is 0. The van der Waals surface area contributed by atoms with E-state index in [1.54, 1.807) is 6.07 Å². The fourth-order valence-corrected chi connectivity index (χ4v) is 2.15. The van der Waals surface area contributed by atoms with Gasteiger partial charge in [-0.3, -0.25) is 4.57 Å². The molecule has 0 saturated carbocycles. The molecular formula is C8H7ClN4NaO2P-. The number of nitrogens with zero attached hydrogens (tertiary/aromatic N) is 4. The van der Waals surface area contributed by atoms with Crippen LogP contribution in [0.15, 0.2) is 24.5 Å². The van der Waals surface area contributed by atoms with Gasteiger partial charge in [-0.25, -0.2) is 4.98 Å². The Balaban J connectivity index is 0.00000144. The first kappa shape index (κ1) is 14.8. The first-order chi connectivity index (χ1) is 7.48. The molecule has 0 amide bonds. The second-order valence-corrected chi connectivity index (χ2v) is 5.64. The summed E-state index contributed by atoms with van der Waals surface area (Å²) in [5.74, 6) is 0.356. The molecule has 0 bridgehead atoms. The molecule has 0 aromatic carbocycles. The Morgan fingerprint density at radius 1 is 1.41 bits per heavy atom. The van der Waals surface area contributed by atoms with Gasteiger partial charge < -0.3 is 9.46 Å². The maximum Gasteiger partial charge on any atom is 0.161 e. The minimum absolute atomic E-state index is 0. The van der Waals surface area contributed by atoms with Crippen molar-refractivity contribution < 1.29 is 9.46 Å². The van der Waals surface area contributed by atoms with Crippen molar-refractivity contribution >= 4 is 54.1 Å². The van der Waals surface area contributed by atoms with E-state index in [-0.39, 0.29) is 40.3 Å². The first-order valence-electron chi connectivity index (χ1n) is 4.30. The molecule has 0 N–H and O–H groups in total. The zero-order chi connectivity index (χ0) is 11.8. The molecule has 0 aliphatic carbocycles. The van der Waals surface area contributed by atoms with E-state index >= 15 is 0 Å². The quantitative estimate of drug-likeness (QED) is 0.563. The minimum Gasteiger partial charge on any atom is -0.794 e. The first-order valence-corrected chi connectivity index (χ1v) is 6.75. The van der Waals surface area contributed by atoms with Crippen LogP contribution in [-0.4, -0.2) is 56.0 Å². The van der Waals surface area contributed by atoms with Crippen LogP contribution in [0.1, 0.15) is 0 Å². The van der Waals surface area contributed by atoms with Gasteiger partial charge in [0.05, 0.1) is 7.37 Å². The van der Waals surface area contributed by atoms with E-state index in [0.29, 0.717) is 5.82 Å². The SMILES string of the molecule is CP(=O)([O-])c1nccn1-c1ccc(Cl)nn1.[Na]. The largest absolute Gasteiger partial charge is 0.794 e. The molecule has 17 heavy (non-hydrogen) atoms. The summed E-state index contributed by atoms with van der Waals surface area (Å²) in [4.78, 5) is 15.2. The van der Waals surface area contributed by atoms with Gasteiger partial charge in [0, 0.05) is 42.0 Å². The van der Waals surface area contributed by atoms with Gasteiger partial charge in [-0.2, -0.15) is 0 Å². The van der Waals surface area contributed by atoms with E-state index in [1.165, 1.54) is 23.0 Å². The number of rotatable bonds is 2. The topological polar surface area (TPSA) is 83.7 Å². The van der Waals surface area contributed by atoms with Crippen molar-refractivity contribution in [3.8, 4) is 5.82 Å². The Bertz CT molecular complexity index is 553. The van der Waals surface area contributed by atoms with Crippen LogP contribution < -0.4 is 10.5 Å². The number of aromatic nitrogens is 4. The molecule has 0 aliphatic rings. The summed E-state index contributed by atoms with van der Waals surface area (Å²) in [6.07, 6.45) is 2.89. The summed E-state index contributed by atoms with van der Waals surface area (Å²) in [5.41, 5.74) is -0.0517. The van der Waals surface area contributed by atoms with Crippen LogP contribution in [0.25, 0.3) is 5.82 Å². The number of halogens is 1. The predicted molar refractivity (Wildman–Crippen MR) is 63.1 cm³/mol. The van der Waals surface area contributed by atoms with Gasteiger partial charge in [-0.05, 0) is 18.8 Å². The molecule has 0 fully saturated rings. The molecule has 85 valence electrons. The van der Waals surface area contributed by atoms with Gasteiger partial charge in [0.1, 0.15) is 0 Å².